The first-order valence-electron chi connectivity index (χ1n) is 5.56. The fourth-order valence-electron chi connectivity index (χ4n) is 1.33. The van der Waals surface area contributed by atoms with E-state index in [1.165, 1.54) is 0 Å². The Labute approximate surface area is 93.5 Å². The highest BCUT2D eigenvalue weighted by molar-refractivity contribution is 4.83. The number of aliphatic hydroxyl groups is 1. The van der Waals surface area contributed by atoms with Crippen LogP contribution in [0.25, 0.3) is 0 Å². The zero-order valence-corrected chi connectivity index (χ0v) is 10.4. The van der Waals surface area contributed by atoms with Gasteiger partial charge in [0.1, 0.15) is 0 Å². The van der Waals surface area contributed by atoms with Crippen molar-refractivity contribution in [2.24, 2.45) is 5.41 Å². The van der Waals surface area contributed by atoms with Crippen LogP contribution in [0.4, 0.5) is 0 Å². The molecule has 3 heteroatoms. The van der Waals surface area contributed by atoms with Crippen LogP contribution in [0.2, 0.25) is 0 Å². The molecule has 0 heterocycles. The van der Waals surface area contributed by atoms with Gasteiger partial charge in [-0.3, -0.25) is 0 Å². The first kappa shape index (κ1) is 14.4. The lowest BCUT2D eigenvalue weighted by Crippen LogP contribution is -2.44. The maximum Gasteiger partial charge on any atom is 0.0621 e. The fraction of sp³-hybridized carbons (Fsp3) is 0.917. The molecule has 0 spiro atoms. The SMILES string of the molecule is CC(C)(CCC#N)CNC(C)(C)CCO. The van der Waals surface area contributed by atoms with Gasteiger partial charge in [0.15, 0.2) is 0 Å². The van der Waals surface area contributed by atoms with E-state index in [1.54, 1.807) is 0 Å². The standard InChI is InChI=1S/C12H24N2O/c1-11(2,6-5-8-13)10-14-12(3,4)7-9-15/h14-15H,5-7,9-10H2,1-4H3. The maximum absolute atomic E-state index is 8.89. The van der Waals surface area contributed by atoms with E-state index in [0.717, 1.165) is 19.4 Å². The quantitative estimate of drug-likeness (QED) is 0.679. The minimum Gasteiger partial charge on any atom is -0.396 e. The van der Waals surface area contributed by atoms with Crippen LogP contribution in [0.5, 0.6) is 0 Å². The van der Waals surface area contributed by atoms with Crippen LogP contribution in [-0.4, -0.2) is 23.8 Å². The van der Waals surface area contributed by atoms with Gasteiger partial charge in [0.05, 0.1) is 6.07 Å². The molecule has 0 fully saturated rings. The summed E-state index contributed by atoms with van der Waals surface area (Å²) in [6.07, 6.45) is 2.27. The van der Waals surface area contributed by atoms with Crippen molar-refractivity contribution in [2.45, 2.75) is 52.5 Å². The topological polar surface area (TPSA) is 56.0 Å². The van der Waals surface area contributed by atoms with Gasteiger partial charge in [0.25, 0.3) is 0 Å². The smallest absolute Gasteiger partial charge is 0.0621 e. The van der Waals surface area contributed by atoms with Crippen molar-refractivity contribution in [1.82, 2.24) is 5.32 Å². The van der Waals surface area contributed by atoms with E-state index in [0.29, 0.717) is 6.42 Å². The van der Waals surface area contributed by atoms with Gasteiger partial charge in [-0.25, -0.2) is 0 Å². The molecule has 0 bridgehead atoms. The third-order valence-corrected chi connectivity index (χ3v) is 2.70. The van der Waals surface area contributed by atoms with Crippen molar-refractivity contribution in [1.29, 1.82) is 5.26 Å². The van der Waals surface area contributed by atoms with Crippen LogP contribution >= 0.6 is 0 Å². The Kier molecular flexibility index (Phi) is 5.85. The highest BCUT2D eigenvalue weighted by Gasteiger charge is 2.22. The third-order valence-electron chi connectivity index (χ3n) is 2.70. The molecule has 0 atom stereocenters. The first-order valence-corrected chi connectivity index (χ1v) is 5.56. The van der Waals surface area contributed by atoms with Crippen LogP contribution in [0.15, 0.2) is 0 Å². The Balaban J connectivity index is 3.97. The number of hydrogen-bond acceptors (Lipinski definition) is 3. The number of hydrogen-bond donors (Lipinski definition) is 2. The molecule has 0 aromatic carbocycles. The lowest BCUT2D eigenvalue weighted by Gasteiger charge is -2.32. The highest BCUT2D eigenvalue weighted by atomic mass is 16.3. The Hall–Kier alpha value is -0.590. The van der Waals surface area contributed by atoms with E-state index in [1.807, 2.05) is 0 Å². The van der Waals surface area contributed by atoms with Gasteiger partial charge in [-0.2, -0.15) is 5.26 Å². The lowest BCUT2D eigenvalue weighted by atomic mass is 9.86. The second-order valence-electron chi connectivity index (χ2n) is 5.53. The second-order valence-corrected chi connectivity index (χ2v) is 5.53. The number of nitrogens with zero attached hydrogens (tertiary/aromatic N) is 1. The Morgan fingerprint density at radius 2 is 1.80 bits per heavy atom. The zero-order valence-electron chi connectivity index (χ0n) is 10.4. The average Bonchev–Trinajstić information content (AvgIpc) is 2.12. The van der Waals surface area contributed by atoms with Crippen molar-refractivity contribution >= 4 is 0 Å². The number of nitriles is 1. The normalized spacial score (nSPS) is 12.5. The molecule has 0 saturated carbocycles. The van der Waals surface area contributed by atoms with E-state index in [2.05, 4.69) is 39.1 Å². The Morgan fingerprint density at radius 1 is 1.20 bits per heavy atom. The minimum absolute atomic E-state index is 0.0291. The lowest BCUT2D eigenvalue weighted by molar-refractivity contribution is 0.207. The van der Waals surface area contributed by atoms with Gasteiger partial charge in [0.2, 0.25) is 0 Å². The van der Waals surface area contributed by atoms with Gasteiger partial charge in [-0.15, -0.1) is 0 Å². The summed E-state index contributed by atoms with van der Waals surface area (Å²) in [5, 5.41) is 20.9. The van der Waals surface area contributed by atoms with Crippen molar-refractivity contribution in [3.8, 4) is 6.07 Å². The molecule has 0 amide bonds. The summed E-state index contributed by atoms with van der Waals surface area (Å²) in [5.41, 5.74) is 0.112. The molecule has 0 aromatic heterocycles. The van der Waals surface area contributed by atoms with E-state index in [-0.39, 0.29) is 17.6 Å². The Bertz CT molecular complexity index is 216. The summed E-state index contributed by atoms with van der Waals surface area (Å²) in [6, 6.07) is 2.18. The fourth-order valence-corrected chi connectivity index (χ4v) is 1.33. The molecule has 0 aliphatic carbocycles. The van der Waals surface area contributed by atoms with Crippen molar-refractivity contribution < 1.29 is 5.11 Å². The van der Waals surface area contributed by atoms with E-state index < -0.39 is 0 Å². The number of rotatable bonds is 7. The molecule has 0 aromatic rings. The summed E-state index contributed by atoms with van der Waals surface area (Å²) in [7, 11) is 0. The van der Waals surface area contributed by atoms with Gasteiger partial charge >= 0.3 is 0 Å². The zero-order chi connectivity index (χ0) is 11.9. The first-order chi connectivity index (χ1) is 6.83. The van der Waals surface area contributed by atoms with Crippen molar-refractivity contribution in [2.75, 3.05) is 13.2 Å². The second kappa shape index (κ2) is 6.09. The highest BCUT2D eigenvalue weighted by Crippen LogP contribution is 2.22. The summed E-state index contributed by atoms with van der Waals surface area (Å²) >= 11 is 0. The molecule has 0 rings (SSSR count). The molecule has 0 aliphatic heterocycles. The molecule has 0 unspecified atom stereocenters. The minimum atomic E-state index is -0.0291. The molecule has 0 saturated heterocycles. The van der Waals surface area contributed by atoms with Gasteiger partial charge in [0, 0.05) is 25.1 Å². The largest absolute Gasteiger partial charge is 0.396 e. The molecular formula is C12H24N2O. The molecule has 3 nitrogen and oxygen atoms in total. The van der Waals surface area contributed by atoms with E-state index in [9.17, 15) is 0 Å². The van der Waals surface area contributed by atoms with Crippen molar-refractivity contribution in [3.63, 3.8) is 0 Å². The molecule has 2 N–H and O–H groups in total. The van der Waals surface area contributed by atoms with Crippen LogP contribution < -0.4 is 5.32 Å². The molecule has 88 valence electrons. The van der Waals surface area contributed by atoms with Crippen LogP contribution in [0.3, 0.4) is 0 Å². The predicted molar refractivity (Wildman–Crippen MR) is 62.4 cm³/mol. The van der Waals surface area contributed by atoms with Crippen LogP contribution in [0.1, 0.15) is 47.0 Å². The monoisotopic (exact) mass is 212 g/mol. The third kappa shape index (κ3) is 7.35. The summed E-state index contributed by atoms with van der Waals surface area (Å²) in [6.45, 7) is 9.58. The van der Waals surface area contributed by atoms with Crippen molar-refractivity contribution in [3.05, 3.63) is 0 Å². The molecule has 0 radical (unpaired) electrons. The predicted octanol–water partition coefficient (Wildman–Crippen LogP) is 2.07. The summed E-state index contributed by atoms with van der Waals surface area (Å²) < 4.78 is 0. The Morgan fingerprint density at radius 3 is 2.27 bits per heavy atom. The van der Waals surface area contributed by atoms with E-state index in [4.69, 9.17) is 10.4 Å². The molecule has 15 heavy (non-hydrogen) atoms. The summed E-state index contributed by atoms with van der Waals surface area (Å²) in [5.74, 6) is 0. The summed E-state index contributed by atoms with van der Waals surface area (Å²) in [4.78, 5) is 0. The average molecular weight is 212 g/mol. The number of aliphatic hydroxyl groups excluding tert-OH is 1. The number of nitrogens with one attached hydrogen (secondary N) is 1. The van der Waals surface area contributed by atoms with Crippen LogP contribution in [0, 0.1) is 16.7 Å². The van der Waals surface area contributed by atoms with Gasteiger partial charge in [-0.05, 0) is 32.1 Å². The van der Waals surface area contributed by atoms with Gasteiger partial charge < -0.3 is 10.4 Å². The molecule has 0 aliphatic rings. The van der Waals surface area contributed by atoms with Crippen LogP contribution in [-0.2, 0) is 0 Å². The van der Waals surface area contributed by atoms with Gasteiger partial charge in [-0.1, -0.05) is 13.8 Å². The van der Waals surface area contributed by atoms with E-state index >= 15 is 0 Å². The molecular weight excluding hydrogens is 188 g/mol. The maximum atomic E-state index is 8.89.